The molecule has 1 fully saturated rings. The Labute approximate surface area is 172 Å². The monoisotopic (exact) mass is 408 g/mol. The predicted octanol–water partition coefficient (Wildman–Crippen LogP) is 2.73. The van der Waals surface area contributed by atoms with Crippen molar-refractivity contribution in [3.05, 3.63) is 81.4 Å². The minimum atomic E-state index is -0.428. The summed E-state index contributed by atoms with van der Waals surface area (Å²) in [7, 11) is 0. The second kappa shape index (κ2) is 8.42. The van der Waals surface area contributed by atoms with Crippen LogP contribution < -0.4 is 5.56 Å². The highest BCUT2D eigenvalue weighted by molar-refractivity contribution is 7.71. The van der Waals surface area contributed by atoms with Crippen LogP contribution in [0.15, 0.2) is 70.6 Å². The van der Waals surface area contributed by atoms with Crippen molar-refractivity contribution >= 4 is 18.4 Å². The van der Waals surface area contributed by atoms with Crippen LogP contribution in [-0.4, -0.2) is 51.8 Å². The number of rotatable bonds is 4. The Bertz CT molecular complexity index is 1130. The molecule has 0 spiro atoms. The van der Waals surface area contributed by atoms with Gasteiger partial charge in [0.25, 0.3) is 5.56 Å². The summed E-state index contributed by atoms with van der Waals surface area (Å²) in [6.07, 6.45) is 1.40. The Morgan fingerprint density at radius 3 is 2.07 bits per heavy atom. The van der Waals surface area contributed by atoms with Gasteiger partial charge in [0.05, 0.1) is 43.9 Å². The van der Waals surface area contributed by atoms with Crippen LogP contribution in [0, 0.1) is 4.77 Å². The summed E-state index contributed by atoms with van der Waals surface area (Å²) in [5, 5.41) is 17.1. The standard InChI is InChI=1S/C21H20N4O3S/c26-19-18(15-22-23-11-13-28-14-12-23)20(27)25(17-9-5-2-6-10-17)21(29)24(19)16-7-3-1-4-8-16/h1-10,15,26H,11-14H2. The quantitative estimate of drug-likeness (QED) is 0.531. The Balaban J connectivity index is 1.94. The van der Waals surface area contributed by atoms with Crippen molar-refractivity contribution in [3.8, 4) is 17.3 Å². The van der Waals surface area contributed by atoms with Crippen molar-refractivity contribution in [2.75, 3.05) is 26.3 Å². The Morgan fingerprint density at radius 1 is 0.931 bits per heavy atom. The van der Waals surface area contributed by atoms with Gasteiger partial charge in [-0.15, -0.1) is 0 Å². The van der Waals surface area contributed by atoms with Crippen molar-refractivity contribution in [1.29, 1.82) is 0 Å². The van der Waals surface area contributed by atoms with E-state index in [2.05, 4.69) is 5.10 Å². The van der Waals surface area contributed by atoms with Crippen molar-refractivity contribution in [1.82, 2.24) is 14.1 Å². The van der Waals surface area contributed by atoms with Crippen LogP contribution >= 0.6 is 12.2 Å². The molecule has 1 N–H and O–H groups in total. The van der Waals surface area contributed by atoms with Crippen LogP contribution in [0.5, 0.6) is 5.88 Å². The van der Waals surface area contributed by atoms with E-state index in [0.29, 0.717) is 37.7 Å². The fraction of sp³-hybridized carbons (Fsp3) is 0.190. The number of hydrogen-bond acceptors (Lipinski definition) is 6. The molecule has 1 saturated heterocycles. The normalized spacial score (nSPS) is 14.4. The number of hydrogen-bond donors (Lipinski definition) is 1. The summed E-state index contributed by atoms with van der Waals surface area (Å²) < 4.78 is 8.38. The average Bonchev–Trinajstić information content (AvgIpc) is 2.76. The summed E-state index contributed by atoms with van der Waals surface area (Å²) >= 11 is 5.59. The van der Waals surface area contributed by atoms with Gasteiger partial charge in [-0.25, -0.2) is 0 Å². The van der Waals surface area contributed by atoms with Gasteiger partial charge in [-0.05, 0) is 36.5 Å². The molecule has 8 heteroatoms. The molecule has 148 valence electrons. The molecule has 4 rings (SSSR count). The van der Waals surface area contributed by atoms with Crippen LogP contribution in [0.25, 0.3) is 11.4 Å². The highest BCUT2D eigenvalue weighted by atomic mass is 32.1. The van der Waals surface area contributed by atoms with Gasteiger partial charge in [0, 0.05) is 0 Å². The molecule has 1 aliphatic heterocycles. The summed E-state index contributed by atoms with van der Waals surface area (Å²) in [4.78, 5) is 13.3. The predicted molar refractivity (Wildman–Crippen MR) is 114 cm³/mol. The number of morpholine rings is 1. The molecule has 0 radical (unpaired) electrons. The van der Waals surface area contributed by atoms with Crippen LogP contribution in [-0.2, 0) is 4.74 Å². The summed E-state index contributed by atoms with van der Waals surface area (Å²) in [6.45, 7) is 2.41. The van der Waals surface area contributed by atoms with Gasteiger partial charge in [-0.2, -0.15) is 5.10 Å². The van der Waals surface area contributed by atoms with Gasteiger partial charge in [-0.1, -0.05) is 36.4 Å². The Morgan fingerprint density at radius 2 is 1.48 bits per heavy atom. The lowest BCUT2D eigenvalue weighted by molar-refractivity contribution is 0.0396. The number of nitrogens with zero attached hydrogens (tertiary/aromatic N) is 4. The molecule has 2 heterocycles. The molecule has 29 heavy (non-hydrogen) atoms. The zero-order chi connectivity index (χ0) is 20.2. The number of benzene rings is 2. The van der Waals surface area contributed by atoms with Crippen molar-refractivity contribution in [2.24, 2.45) is 5.10 Å². The molecular formula is C21H20N4O3S. The Kier molecular flexibility index (Phi) is 5.55. The van der Waals surface area contributed by atoms with E-state index in [1.807, 2.05) is 53.5 Å². The summed E-state index contributed by atoms with van der Waals surface area (Å²) in [5.74, 6) is -0.240. The van der Waals surface area contributed by atoms with Crippen molar-refractivity contribution < 1.29 is 9.84 Å². The van der Waals surface area contributed by atoms with E-state index in [1.54, 1.807) is 12.1 Å². The maximum absolute atomic E-state index is 13.3. The molecule has 0 amide bonds. The molecule has 7 nitrogen and oxygen atoms in total. The molecule has 0 aliphatic carbocycles. The van der Waals surface area contributed by atoms with Gasteiger partial charge in [0.2, 0.25) is 5.88 Å². The van der Waals surface area contributed by atoms with E-state index in [1.165, 1.54) is 15.3 Å². The lowest BCUT2D eigenvalue weighted by Gasteiger charge is -2.23. The second-order valence-electron chi connectivity index (χ2n) is 6.48. The number of aromatic nitrogens is 2. The van der Waals surface area contributed by atoms with Crippen LogP contribution in [0.3, 0.4) is 0 Å². The maximum atomic E-state index is 13.3. The molecule has 2 aromatic carbocycles. The highest BCUT2D eigenvalue weighted by Gasteiger charge is 2.18. The molecule has 0 atom stereocenters. The zero-order valence-corrected chi connectivity index (χ0v) is 16.5. The molecule has 0 unspecified atom stereocenters. The van der Waals surface area contributed by atoms with Gasteiger partial charge >= 0.3 is 0 Å². The molecule has 0 bridgehead atoms. The van der Waals surface area contributed by atoms with E-state index < -0.39 is 5.56 Å². The van der Waals surface area contributed by atoms with E-state index in [9.17, 15) is 9.90 Å². The maximum Gasteiger partial charge on any atom is 0.271 e. The first kappa shape index (κ1) is 19.1. The number of hydrazone groups is 1. The number of para-hydroxylation sites is 2. The van der Waals surface area contributed by atoms with E-state index >= 15 is 0 Å². The molecule has 3 aromatic rings. The second-order valence-corrected chi connectivity index (χ2v) is 6.84. The van der Waals surface area contributed by atoms with E-state index in [0.717, 1.165) is 0 Å². The third-order valence-electron chi connectivity index (χ3n) is 4.64. The van der Waals surface area contributed by atoms with Gasteiger partial charge in [-0.3, -0.25) is 18.9 Å². The molecule has 1 aromatic heterocycles. The minimum absolute atomic E-state index is 0.0674. The SMILES string of the molecule is O=c1c(C=NN2CCOCC2)c(O)n(-c2ccccc2)c(=S)n1-c1ccccc1. The number of aromatic hydroxyl groups is 1. The minimum Gasteiger partial charge on any atom is -0.494 e. The molecule has 0 saturated carbocycles. The smallest absolute Gasteiger partial charge is 0.271 e. The first-order valence-electron chi connectivity index (χ1n) is 9.25. The highest BCUT2D eigenvalue weighted by Crippen LogP contribution is 2.21. The molecular weight excluding hydrogens is 388 g/mol. The first-order valence-corrected chi connectivity index (χ1v) is 9.66. The fourth-order valence-corrected chi connectivity index (χ4v) is 3.53. The lowest BCUT2D eigenvalue weighted by Crippen LogP contribution is -2.33. The summed E-state index contributed by atoms with van der Waals surface area (Å²) in [5.41, 5.74) is 0.912. The van der Waals surface area contributed by atoms with Crippen molar-refractivity contribution in [2.45, 2.75) is 0 Å². The fourth-order valence-electron chi connectivity index (χ4n) is 3.15. The average molecular weight is 408 g/mol. The van der Waals surface area contributed by atoms with Crippen LogP contribution in [0.2, 0.25) is 0 Å². The summed E-state index contributed by atoms with van der Waals surface area (Å²) in [6, 6.07) is 18.3. The van der Waals surface area contributed by atoms with Crippen LogP contribution in [0.1, 0.15) is 5.56 Å². The van der Waals surface area contributed by atoms with Gasteiger partial charge in [0.1, 0.15) is 5.56 Å². The third kappa shape index (κ3) is 3.85. The van der Waals surface area contributed by atoms with Gasteiger partial charge < -0.3 is 9.84 Å². The Hall–Kier alpha value is -3.23. The third-order valence-corrected chi connectivity index (χ3v) is 5.00. The number of ether oxygens (including phenoxy) is 1. The largest absolute Gasteiger partial charge is 0.494 e. The molecule has 1 aliphatic rings. The van der Waals surface area contributed by atoms with Gasteiger partial charge in [0.15, 0.2) is 4.77 Å². The van der Waals surface area contributed by atoms with Crippen molar-refractivity contribution in [3.63, 3.8) is 0 Å². The topological polar surface area (TPSA) is 72.0 Å². The van der Waals surface area contributed by atoms with E-state index in [4.69, 9.17) is 17.0 Å². The zero-order valence-electron chi connectivity index (χ0n) is 15.6. The first-order chi connectivity index (χ1) is 14.2. The lowest BCUT2D eigenvalue weighted by atomic mass is 10.2. The van der Waals surface area contributed by atoms with Crippen LogP contribution in [0.4, 0.5) is 0 Å². The van der Waals surface area contributed by atoms with E-state index in [-0.39, 0.29) is 16.2 Å².